The lowest BCUT2D eigenvalue weighted by atomic mass is 10.0. The number of likely N-dealkylation sites (tertiary alicyclic amines) is 1. The molecule has 1 amide bonds. The Morgan fingerprint density at radius 2 is 1.92 bits per heavy atom. The van der Waals surface area contributed by atoms with Crippen molar-refractivity contribution in [2.75, 3.05) is 25.5 Å². The predicted octanol–water partition coefficient (Wildman–Crippen LogP) is 5.88. The van der Waals surface area contributed by atoms with Crippen molar-refractivity contribution in [1.82, 2.24) is 9.88 Å². The monoisotopic (exact) mass is 499 g/mol. The van der Waals surface area contributed by atoms with E-state index in [0.717, 1.165) is 30.7 Å². The van der Waals surface area contributed by atoms with Crippen LogP contribution in [-0.2, 0) is 4.79 Å². The minimum atomic E-state index is -2.89. The third-order valence-corrected chi connectivity index (χ3v) is 6.84. The Morgan fingerprint density at radius 1 is 1.14 bits per heavy atom. The summed E-state index contributed by atoms with van der Waals surface area (Å²) in [6.07, 6.45) is 1.23. The number of carbonyl (C=O) groups is 1. The van der Waals surface area contributed by atoms with Crippen LogP contribution in [0, 0.1) is 11.7 Å². The Balaban J connectivity index is 1.40. The zero-order valence-electron chi connectivity index (χ0n) is 20.1. The smallest absolute Gasteiger partial charge is 0.266 e. The average molecular weight is 500 g/mol. The molecule has 3 aromatic rings. The molecule has 0 radical (unpaired) electrons. The lowest BCUT2D eigenvalue weighted by Gasteiger charge is -2.21. The van der Waals surface area contributed by atoms with Gasteiger partial charge in [0.2, 0.25) is 5.91 Å². The van der Waals surface area contributed by atoms with Gasteiger partial charge in [0.25, 0.3) is 6.43 Å². The zero-order chi connectivity index (χ0) is 25.4. The normalized spacial score (nSPS) is 18.5. The van der Waals surface area contributed by atoms with Crippen molar-refractivity contribution >= 4 is 22.5 Å². The number of hydrogen-bond donors (Lipinski definition) is 1. The fourth-order valence-electron chi connectivity index (χ4n) is 4.71. The van der Waals surface area contributed by atoms with Gasteiger partial charge in [0.05, 0.1) is 30.8 Å². The molecule has 6 nitrogen and oxygen atoms in total. The number of rotatable bonds is 8. The zero-order valence-corrected chi connectivity index (χ0v) is 20.1. The first-order valence-electron chi connectivity index (χ1n) is 12.1. The van der Waals surface area contributed by atoms with Gasteiger partial charge < -0.3 is 19.7 Å². The van der Waals surface area contributed by atoms with Crippen LogP contribution in [0.2, 0.25) is 0 Å². The van der Waals surface area contributed by atoms with E-state index in [9.17, 15) is 18.0 Å². The highest BCUT2D eigenvalue weighted by molar-refractivity contribution is 5.93. The van der Waals surface area contributed by atoms with Crippen molar-refractivity contribution in [1.29, 1.82) is 0 Å². The topological polar surface area (TPSA) is 63.7 Å². The standard InChI is InChI=1S/C27H28F3N3O3/c1-15(18-4-3-5-19(25(18)28)26(29)30)32-21-8-10-31-22-13-23(35-2)24(12-20(21)22)36-17-9-11-33(14-17)27(34)16-6-7-16/h3-5,8,10,12-13,15-17,26H,6-7,9,11,14H2,1-2H3,(H,31,32)/t15-,17+/m1/s1. The molecule has 1 aromatic heterocycles. The summed E-state index contributed by atoms with van der Waals surface area (Å²) in [4.78, 5) is 18.7. The molecule has 0 bridgehead atoms. The van der Waals surface area contributed by atoms with E-state index in [4.69, 9.17) is 9.47 Å². The van der Waals surface area contributed by atoms with Crippen molar-refractivity contribution in [3.05, 3.63) is 59.5 Å². The summed E-state index contributed by atoms with van der Waals surface area (Å²) in [5.74, 6) is 0.502. The van der Waals surface area contributed by atoms with Crippen LogP contribution in [0.15, 0.2) is 42.6 Å². The predicted molar refractivity (Wildman–Crippen MR) is 130 cm³/mol. The Kier molecular flexibility index (Phi) is 6.64. The lowest BCUT2D eigenvalue weighted by molar-refractivity contribution is -0.131. The molecule has 1 aliphatic carbocycles. The van der Waals surface area contributed by atoms with Crippen molar-refractivity contribution < 1.29 is 27.4 Å². The van der Waals surface area contributed by atoms with Gasteiger partial charge in [0, 0.05) is 47.8 Å². The number of anilines is 1. The van der Waals surface area contributed by atoms with Crippen LogP contribution >= 0.6 is 0 Å². The van der Waals surface area contributed by atoms with E-state index in [1.54, 1.807) is 32.4 Å². The molecule has 1 saturated carbocycles. The number of ether oxygens (including phenoxy) is 2. The van der Waals surface area contributed by atoms with E-state index in [2.05, 4.69) is 10.3 Å². The fourth-order valence-corrected chi connectivity index (χ4v) is 4.71. The second-order valence-corrected chi connectivity index (χ2v) is 9.38. The number of nitrogens with zero attached hydrogens (tertiary/aromatic N) is 2. The van der Waals surface area contributed by atoms with Crippen LogP contribution < -0.4 is 14.8 Å². The molecule has 9 heteroatoms. The van der Waals surface area contributed by atoms with Crippen LogP contribution in [0.3, 0.4) is 0 Å². The fraction of sp³-hybridized carbons (Fsp3) is 0.407. The number of nitrogens with one attached hydrogen (secondary N) is 1. The van der Waals surface area contributed by atoms with Crippen molar-refractivity contribution in [3.63, 3.8) is 0 Å². The molecular formula is C27H28F3N3O3. The van der Waals surface area contributed by atoms with Crippen LogP contribution in [0.4, 0.5) is 18.9 Å². The highest BCUT2D eigenvalue weighted by Crippen LogP contribution is 2.38. The summed E-state index contributed by atoms with van der Waals surface area (Å²) >= 11 is 0. The third-order valence-electron chi connectivity index (χ3n) is 6.84. The summed E-state index contributed by atoms with van der Waals surface area (Å²) in [7, 11) is 1.55. The highest BCUT2D eigenvalue weighted by Gasteiger charge is 2.37. The van der Waals surface area contributed by atoms with E-state index in [1.807, 2.05) is 11.0 Å². The quantitative estimate of drug-likeness (QED) is 0.419. The maximum atomic E-state index is 14.7. The van der Waals surface area contributed by atoms with Gasteiger partial charge >= 0.3 is 0 Å². The SMILES string of the molecule is COc1cc2nccc(N[C@H](C)c3cccc(C(F)F)c3F)c2cc1O[C@H]1CCN(C(=O)C2CC2)C1. The second-order valence-electron chi connectivity index (χ2n) is 9.38. The maximum Gasteiger partial charge on any atom is 0.266 e. The number of methoxy groups -OCH3 is 1. The Bertz CT molecular complexity index is 1280. The van der Waals surface area contributed by atoms with Crippen LogP contribution in [0.25, 0.3) is 10.9 Å². The van der Waals surface area contributed by atoms with Gasteiger partial charge in [-0.3, -0.25) is 9.78 Å². The van der Waals surface area contributed by atoms with E-state index >= 15 is 0 Å². The summed E-state index contributed by atoms with van der Waals surface area (Å²) < 4.78 is 52.9. The third kappa shape index (κ3) is 4.79. The number of alkyl halides is 2. The second kappa shape index (κ2) is 9.87. The van der Waals surface area contributed by atoms with Gasteiger partial charge in [-0.1, -0.05) is 18.2 Å². The number of carbonyl (C=O) groups excluding carboxylic acids is 1. The van der Waals surface area contributed by atoms with Gasteiger partial charge in [0.1, 0.15) is 11.9 Å². The van der Waals surface area contributed by atoms with Crippen LogP contribution in [-0.4, -0.2) is 42.1 Å². The molecule has 2 atom stereocenters. The van der Waals surface area contributed by atoms with E-state index in [1.165, 1.54) is 12.1 Å². The number of aromatic nitrogens is 1. The highest BCUT2D eigenvalue weighted by atomic mass is 19.3. The number of pyridine rings is 1. The van der Waals surface area contributed by atoms with Crippen LogP contribution in [0.5, 0.6) is 11.5 Å². The molecule has 190 valence electrons. The summed E-state index contributed by atoms with van der Waals surface area (Å²) in [6, 6.07) is 8.75. The van der Waals surface area contributed by atoms with Gasteiger partial charge in [-0.25, -0.2) is 13.2 Å². The van der Waals surface area contributed by atoms with Gasteiger partial charge in [-0.2, -0.15) is 0 Å². The van der Waals surface area contributed by atoms with Crippen molar-refractivity contribution in [2.45, 2.75) is 44.8 Å². The Morgan fingerprint density at radius 3 is 2.64 bits per heavy atom. The first-order valence-corrected chi connectivity index (χ1v) is 12.1. The number of halogens is 3. The molecule has 0 spiro atoms. The molecule has 2 heterocycles. The number of amides is 1. The van der Waals surface area contributed by atoms with Gasteiger partial charge in [-0.15, -0.1) is 0 Å². The van der Waals surface area contributed by atoms with E-state index in [0.29, 0.717) is 35.8 Å². The molecule has 2 aliphatic rings. The molecular weight excluding hydrogens is 471 g/mol. The first-order chi connectivity index (χ1) is 17.4. The largest absolute Gasteiger partial charge is 0.493 e. The summed E-state index contributed by atoms with van der Waals surface area (Å²) in [6.45, 7) is 2.92. The number of hydrogen-bond acceptors (Lipinski definition) is 5. The minimum Gasteiger partial charge on any atom is -0.493 e. The van der Waals surface area contributed by atoms with Gasteiger partial charge in [0.15, 0.2) is 11.5 Å². The molecule has 5 rings (SSSR count). The minimum absolute atomic E-state index is 0.147. The van der Waals surface area contributed by atoms with Gasteiger partial charge in [-0.05, 0) is 31.9 Å². The number of fused-ring (bicyclic) bond motifs is 1. The first kappa shape index (κ1) is 24.2. The molecule has 2 fully saturated rings. The molecule has 1 saturated heterocycles. The van der Waals surface area contributed by atoms with Crippen molar-refractivity contribution in [2.24, 2.45) is 5.92 Å². The maximum absolute atomic E-state index is 14.7. The van der Waals surface area contributed by atoms with Crippen molar-refractivity contribution in [3.8, 4) is 11.5 Å². The average Bonchev–Trinajstić information content (AvgIpc) is 3.62. The molecule has 2 aromatic carbocycles. The lowest BCUT2D eigenvalue weighted by Crippen LogP contribution is -2.32. The van der Waals surface area contributed by atoms with Crippen LogP contribution in [0.1, 0.15) is 49.8 Å². The summed E-state index contributed by atoms with van der Waals surface area (Å²) in [5, 5.41) is 3.95. The van der Waals surface area contributed by atoms with E-state index in [-0.39, 0.29) is 23.5 Å². The van der Waals surface area contributed by atoms with E-state index < -0.39 is 23.8 Å². The Hall–Kier alpha value is -3.49. The molecule has 1 aliphatic heterocycles. The molecule has 0 unspecified atom stereocenters. The Labute approximate surface area is 207 Å². The summed E-state index contributed by atoms with van der Waals surface area (Å²) in [5.41, 5.74) is 0.815. The molecule has 36 heavy (non-hydrogen) atoms. The molecule has 1 N–H and O–H groups in total. The number of benzene rings is 2.